The Labute approximate surface area is 170 Å². The van der Waals surface area contributed by atoms with Gasteiger partial charge in [-0.15, -0.1) is 0 Å². The molecule has 0 bridgehead atoms. The van der Waals surface area contributed by atoms with E-state index in [1.165, 1.54) is 33.5 Å². The first kappa shape index (κ1) is 20.4. The van der Waals surface area contributed by atoms with Crippen LogP contribution >= 0.6 is 11.6 Å². The predicted octanol–water partition coefficient (Wildman–Crippen LogP) is 3.48. The number of rotatable bonds is 7. The summed E-state index contributed by atoms with van der Waals surface area (Å²) < 4.78 is 34.8. The van der Waals surface area contributed by atoms with E-state index in [0.717, 1.165) is 6.07 Å². The zero-order valence-corrected chi connectivity index (χ0v) is 16.5. The first-order valence-corrected chi connectivity index (χ1v) is 8.71. The highest BCUT2D eigenvalue weighted by Crippen LogP contribution is 2.39. The molecular formula is C19H17ClFN3O5. The van der Waals surface area contributed by atoms with Gasteiger partial charge in [0.25, 0.3) is 11.8 Å². The van der Waals surface area contributed by atoms with E-state index < -0.39 is 11.7 Å². The Morgan fingerprint density at radius 2 is 1.90 bits per heavy atom. The third-order valence-electron chi connectivity index (χ3n) is 3.99. The Balaban J connectivity index is 1.76. The molecule has 29 heavy (non-hydrogen) atoms. The molecule has 152 valence electrons. The van der Waals surface area contributed by atoms with Crippen molar-refractivity contribution in [2.24, 2.45) is 0 Å². The second-order valence-corrected chi connectivity index (χ2v) is 6.14. The Hall–Kier alpha value is -3.33. The van der Waals surface area contributed by atoms with Crippen molar-refractivity contribution in [1.29, 1.82) is 0 Å². The summed E-state index contributed by atoms with van der Waals surface area (Å²) in [6, 6.07) is 7.22. The lowest BCUT2D eigenvalue weighted by atomic mass is 10.1. The van der Waals surface area contributed by atoms with E-state index in [1.807, 2.05) is 0 Å². The Bertz CT molecular complexity index is 1040. The summed E-state index contributed by atoms with van der Waals surface area (Å²) in [6.07, 6.45) is 0. The Morgan fingerprint density at radius 1 is 1.14 bits per heavy atom. The molecule has 0 saturated carbocycles. The minimum absolute atomic E-state index is 0.0212. The van der Waals surface area contributed by atoms with E-state index >= 15 is 0 Å². The zero-order valence-electron chi connectivity index (χ0n) is 15.8. The van der Waals surface area contributed by atoms with Gasteiger partial charge in [0.1, 0.15) is 5.82 Å². The molecule has 0 fully saturated rings. The van der Waals surface area contributed by atoms with Gasteiger partial charge in [-0.25, -0.2) is 4.39 Å². The fourth-order valence-corrected chi connectivity index (χ4v) is 2.79. The van der Waals surface area contributed by atoms with Gasteiger partial charge in [0.15, 0.2) is 17.3 Å². The van der Waals surface area contributed by atoms with Crippen LogP contribution in [0.4, 0.5) is 4.39 Å². The van der Waals surface area contributed by atoms with Gasteiger partial charge < -0.3 is 24.1 Å². The number of carbonyl (C=O) groups excluding carboxylic acids is 1. The fourth-order valence-electron chi connectivity index (χ4n) is 2.63. The first-order chi connectivity index (χ1) is 14.0. The molecule has 0 radical (unpaired) electrons. The summed E-state index contributed by atoms with van der Waals surface area (Å²) in [5.41, 5.74) is 0.346. The van der Waals surface area contributed by atoms with Crippen molar-refractivity contribution in [3.63, 3.8) is 0 Å². The molecular weight excluding hydrogens is 405 g/mol. The molecule has 1 amide bonds. The van der Waals surface area contributed by atoms with Crippen molar-refractivity contribution in [2.45, 2.75) is 6.54 Å². The predicted molar refractivity (Wildman–Crippen MR) is 102 cm³/mol. The maximum atomic E-state index is 14.0. The van der Waals surface area contributed by atoms with Crippen LogP contribution in [0.5, 0.6) is 17.2 Å². The van der Waals surface area contributed by atoms with Gasteiger partial charge in [0.2, 0.25) is 5.75 Å². The van der Waals surface area contributed by atoms with Crippen LogP contribution in [-0.2, 0) is 6.54 Å². The third-order valence-corrected chi connectivity index (χ3v) is 4.22. The van der Waals surface area contributed by atoms with Gasteiger partial charge in [-0.3, -0.25) is 4.79 Å². The third kappa shape index (κ3) is 4.24. The van der Waals surface area contributed by atoms with Crippen LogP contribution in [0.1, 0.15) is 16.2 Å². The van der Waals surface area contributed by atoms with E-state index in [4.69, 9.17) is 30.3 Å². The highest BCUT2D eigenvalue weighted by molar-refractivity contribution is 6.30. The lowest BCUT2D eigenvalue weighted by Gasteiger charge is -2.15. The summed E-state index contributed by atoms with van der Waals surface area (Å²) in [6.45, 7) is -0.0466. The number of hydrogen-bond acceptors (Lipinski definition) is 7. The van der Waals surface area contributed by atoms with Gasteiger partial charge in [0, 0.05) is 5.02 Å². The van der Waals surface area contributed by atoms with E-state index in [-0.39, 0.29) is 40.2 Å². The first-order valence-electron chi connectivity index (χ1n) is 8.33. The van der Waals surface area contributed by atoms with Crippen LogP contribution in [-0.4, -0.2) is 37.4 Å². The lowest BCUT2D eigenvalue weighted by molar-refractivity contribution is 0.0946. The second kappa shape index (κ2) is 8.78. The van der Waals surface area contributed by atoms with Crippen molar-refractivity contribution in [1.82, 2.24) is 15.5 Å². The maximum Gasteiger partial charge on any atom is 0.260 e. The SMILES string of the molecule is COc1ccc(C(=O)NCc2noc(-c3ccc(Cl)cc3F)n2)c(OC)c1OC. The number of halogens is 2. The summed E-state index contributed by atoms with van der Waals surface area (Å²) in [5, 5.41) is 6.65. The van der Waals surface area contributed by atoms with Gasteiger partial charge in [-0.2, -0.15) is 4.98 Å². The molecule has 3 aromatic rings. The topological polar surface area (TPSA) is 95.7 Å². The minimum atomic E-state index is -0.591. The maximum absolute atomic E-state index is 14.0. The van der Waals surface area contributed by atoms with E-state index in [1.54, 1.807) is 12.1 Å². The van der Waals surface area contributed by atoms with Crippen LogP contribution in [0.15, 0.2) is 34.9 Å². The molecule has 0 spiro atoms. The molecule has 1 aromatic heterocycles. The number of hydrogen-bond donors (Lipinski definition) is 1. The lowest BCUT2D eigenvalue weighted by Crippen LogP contribution is -2.24. The average molecular weight is 422 g/mol. The molecule has 0 atom stereocenters. The van der Waals surface area contributed by atoms with Gasteiger partial charge in [0.05, 0.1) is 39.0 Å². The molecule has 1 N–H and O–H groups in total. The van der Waals surface area contributed by atoms with E-state index in [9.17, 15) is 9.18 Å². The van der Waals surface area contributed by atoms with E-state index in [2.05, 4.69) is 15.5 Å². The molecule has 0 aliphatic carbocycles. The van der Waals surface area contributed by atoms with Gasteiger partial charge in [-0.05, 0) is 30.3 Å². The molecule has 8 nitrogen and oxygen atoms in total. The van der Waals surface area contributed by atoms with E-state index in [0.29, 0.717) is 11.5 Å². The van der Waals surface area contributed by atoms with Crippen molar-refractivity contribution in [3.8, 4) is 28.7 Å². The number of ether oxygens (including phenoxy) is 3. The summed E-state index contributed by atoms with van der Waals surface area (Å²) in [7, 11) is 4.34. The summed E-state index contributed by atoms with van der Waals surface area (Å²) >= 11 is 5.74. The van der Waals surface area contributed by atoms with Crippen LogP contribution < -0.4 is 19.5 Å². The number of carbonyl (C=O) groups is 1. The number of benzene rings is 2. The van der Waals surface area contributed by atoms with Crippen molar-refractivity contribution < 1.29 is 27.9 Å². The van der Waals surface area contributed by atoms with Crippen LogP contribution in [0.3, 0.4) is 0 Å². The molecule has 0 saturated heterocycles. The highest BCUT2D eigenvalue weighted by Gasteiger charge is 2.21. The molecule has 2 aromatic carbocycles. The van der Waals surface area contributed by atoms with Crippen LogP contribution in [0.2, 0.25) is 5.02 Å². The van der Waals surface area contributed by atoms with Gasteiger partial charge in [-0.1, -0.05) is 16.8 Å². The number of nitrogens with one attached hydrogen (secondary N) is 1. The van der Waals surface area contributed by atoms with Gasteiger partial charge >= 0.3 is 0 Å². The average Bonchev–Trinajstić information content (AvgIpc) is 3.19. The highest BCUT2D eigenvalue weighted by atomic mass is 35.5. The van der Waals surface area contributed by atoms with Crippen LogP contribution in [0.25, 0.3) is 11.5 Å². The molecule has 0 aliphatic heterocycles. The fraction of sp³-hybridized carbons (Fsp3) is 0.211. The summed E-state index contributed by atoms with van der Waals surface area (Å²) in [5.74, 6) is 0.0469. The molecule has 10 heteroatoms. The van der Waals surface area contributed by atoms with Crippen molar-refractivity contribution in [2.75, 3.05) is 21.3 Å². The number of nitrogens with zero attached hydrogens (tertiary/aromatic N) is 2. The molecule has 1 heterocycles. The quantitative estimate of drug-likeness (QED) is 0.623. The molecule has 0 unspecified atom stereocenters. The summed E-state index contributed by atoms with van der Waals surface area (Å²) in [4.78, 5) is 16.7. The van der Waals surface area contributed by atoms with Crippen molar-refractivity contribution in [3.05, 3.63) is 52.6 Å². The Morgan fingerprint density at radius 3 is 2.55 bits per heavy atom. The normalized spacial score (nSPS) is 10.5. The van der Waals surface area contributed by atoms with Crippen molar-refractivity contribution >= 4 is 17.5 Å². The van der Waals surface area contributed by atoms with Crippen LogP contribution in [0, 0.1) is 5.82 Å². The number of aromatic nitrogens is 2. The number of methoxy groups -OCH3 is 3. The zero-order chi connectivity index (χ0) is 21.0. The standard InChI is InChI=1S/C19H17ClFN3O5/c1-26-14-7-6-12(16(27-2)17(14)28-3)18(25)22-9-15-23-19(29-24-15)11-5-4-10(20)8-13(11)21/h4-8H,9H2,1-3H3,(H,22,25). The largest absolute Gasteiger partial charge is 0.493 e. The number of amides is 1. The molecule has 0 aliphatic rings. The Kier molecular flexibility index (Phi) is 6.18. The second-order valence-electron chi connectivity index (χ2n) is 5.70. The smallest absolute Gasteiger partial charge is 0.260 e. The monoisotopic (exact) mass is 421 g/mol. The molecule has 3 rings (SSSR count). The minimum Gasteiger partial charge on any atom is -0.493 e.